The number of aryl methyl sites for hydroxylation is 1. The van der Waals surface area contributed by atoms with E-state index >= 15 is 0 Å². The lowest BCUT2D eigenvalue weighted by atomic mass is 9.93. The number of benzene rings is 1. The molecule has 0 aliphatic carbocycles. The first-order valence-electron chi connectivity index (χ1n) is 4.78. The van der Waals surface area contributed by atoms with E-state index in [0.29, 0.717) is 12.3 Å². The molecular formula is C12H16O. The van der Waals surface area contributed by atoms with Crippen molar-refractivity contribution in [2.45, 2.75) is 32.6 Å². The summed E-state index contributed by atoms with van der Waals surface area (Å²) in [5.41, 5.74) is 2.55. The minimum absolute atomic E-state index is 0.401. The fourth-order valence-electron chi connectivity index (χ4n) is 1.49. The summed E-state index contributed by atoms with van der Waals surface area (Å²) < 4.78 is 0. The Morgan fingerprint density at radius 2 is 1.92 bits per heavy atom. The van der Waals surface area contributed by atoms with Gasteiger partial charge >= 0.3 is 0 Å². The maximum Gasteiger partial charge on any atom is 0.120 e. The molecule has 0 saturated carbocycles. The molecule has 0 spiro atoms. The molecule has 0 aromatic heterocycles. The lowest BCUT2D eigenvalue weighted by molar-refractivity contribution is -0.108. The molecule has 0 fully saturated rings. The quantitative estimate of drug-likeness (QED) is 0.644. The molecule has 0 heterocycles. The Bertz CT molecular complexity index is 261. The van der Waals surface area contributed by atoms with Crippen molar-refractivity contribution in [2.24, 2.45) is 0 Å². The molecular weight excluding hydrogens is 160 g/mol. The molecule has 1 heteroatoms. The number of hydrogen-bond acceptors (Lipinski definition) is 1. The highest BCUT2D eigenvalue weighted by molar-refractivity contribution is 5.51. The van der Waals surface area contributed by atoms with Crippen molar-refractivity contribution < 1.29 is 4.79 Å². The Labute approximate surface area is 79.8 Å². The first kappa shape index (κ1) is 9.97. The summed E-state index contributed by atoms with van der Waals surface area (Å²) in [6, 6.07) is 8.44. The Morgan fingerprint density at radius 3 is 2.38 bits per heavy atom. The second-order valence-electron chi connectivity index (χ2n) is 3.42. The summed E-state index contributed by atoms with van der Waals surface area (Å²) in [7, 11) is 0. The fourth-order valence-corrected chi connectivity index (χ4v) is 1.49. The zero-order valence-corrected chi connectivity index (χ0v) is 8.29. The van der Waals surface area contributed by atoms with Crippen LogP contribution in [-0.2, 0) is 4.79 Å². The molecule has 1 atom stereocenters. The summed E-state index contributed by atoms with van der Waals surface area (Å²) in [6.45, 7) is 4.19. The van der Waals surface area contributed by atoms with Crippen LogP contribution in [-0.4, -0.2) is 6.29 Å². The van der Waals surface area contributed by atoms with Crippen LogP contribution in [0, 0.1) is 6.92 Å². The summed E-state index contributed by atoms with van der Waals surface area (Å²) in [6.07, 6.45) is 2.68. The van der Waals surface area contributed by atoms with E-state index in [0.717, 1.165) is 12.7 Å². The molecule has 1 nitrogen and oxygen atoms in total. The molecule has 1 aromatic rings. The molecule has 0 aliphatic heterocycles. The SMILES string of the molecule is CCC(CC=O)c1ccc(C)cc1. The van der Waals surface area contributed by atoms with Gasteiger partial charge in [-0.1, -0.05) is 36.8 Å². The number of hydrogen-bond donors (Lipinski definition) is 0. The highest BCUT2D eigenvalue weighted by atomic mass is 16.1. The van der Waals surface area contributed by atoms with Crippen LogP contribution in [0.2, 0.25) is 0 Å². The normalized spacial score (nSPS) is 12.5. The molecule has 0 amide bonds. The van der Waals surface area contributed by atoms with Crippen molar-refractivity contribution in [3.63, 3.8) is 0 Å². The van der Waals surface area contributed by atoms with Gasteiger partial charge in [0.15, 0.2) is 0 Å². The van der Waals surface area contributed by atoms with E-state index in [1.165, 1.54) is 11.1 Å². The van der Waals surface area contributed by atoms with E-state index in [1.807, 2.05) is 0 Å². The van der Waals surface area contributed by atoms with E-state index in [9.17, 15) is 4.79 Å². The van der Waals surface area contributed by atoms with Crippen molar-refractivity contribution >= 4 is 6.29 Å². The summed E-state index contributed by atoms with van der Waals surface area (Å²) >= 11 is 0. The highest BCUT2D eigenvalue weighted by Gasteiger charge is 2.07. The van der Waals surface area contributed by atoms with Crippen LogP contribution in [0.15, 0.2) is 24.3 Å². The standard InChI is InChI=1S/C12H16O/c1-3-11(8-9-13)12-6-4-10(2)5-7-12/h4-7,9,11H,3,8H2,1-2H3. The molecule has 13 heavy (non-hydrogen) atoms. The third kappa shape index (κ3) is 2.69. The van der Waals surface area contributed by atoms with Gasteiger partial charge in [-0.3, -0.25) is 0 Å². The van der Waals surface area contributed by atoms with Crippen LogP contribution in [0.5, 0.6) is 0 Å². The lowest BCUT2D eigenvalue weighted by Crippen LogP contribution is -1.97. The van der Waals surface area contributed by atoms with Crippen LogP contribution in [0.3, 0.4) is 0 Å². The maximum atomic E-state index is 10.4. The van der Waals surface area contributed by atoms with E-state index < -0.39 is 0 Å². The zero-order valence-electron chi connectivity index (χ0n) is 8.29. The van der Waals surface area contributed by atoms with Gasteiger partial charge < -0.3 is 4.79 Å². The fraction of sp³-hybridized carbons (Fsp3) is 0.417. The third-order valence-corrected chi connectivity index (χ3v) is 2.42. The summed E-state index contributed by atoms with van der Waals surface area (Å²) in [4.78, 5) is 10.4. The van der Waals surface area contributed by atoms with Crippen LogP contribution < -0.4 is 0 Å². The molecule has 0 saturated heterocycles. The van der Waals surface area contributed by atoms with E-state index in [-0.39, 0.29) is 0 Å². The van der Waals surface area contributed by atoms with Gasteiger partial charge in [-0.25, -0.2) is 0 Å². The van der Waals surface area contributed by atoms with Crippen LogP contribution in [0.1, 0.15) is 36.8 Å². The molecule has 1 unspecified atom stereocenters. The van der Waals surface area contributed by atoms with Crippen molar-refractivity contribution in [1.29, 1.82) is 0 Å². The second-order valence-corrected chi connectivity index (χ2v) is 3.42. The number of carbonyl (C=O) groups is 1. The predicted molar refractivity (Wildman–Crippen MR) is 54.9 cm³/mol. The number of carbonyl (C=O) groups excluding carboxylic acids is 1. The molecule has 70 valence electrons. The molecule has 0 N–H and O–H groups in total. The summed E-state index contributed by atoms with van der Waals surface area (Å²) in [5.74, 6) is 0.401. The third-order valence-electron chi connectivity index (χ3n) is 2.42. The second kappa shape index (κ2) is 4.80. The Kier molecular flexibility index (Phi) is 3.69. The lowest BCUT2D eigenvalue weighted by Gasteiger charge is -2.11. The van der Waals surface area contributed by atoms with Gasteiger partial charge in [-0.15, -0.1) is 0 Å². The van der Waals surface area contributed by atoms with Gasteiger partial charge in [0.05, 0.1) is 0 Å². The first-order chi connectivity index (χ1) is 6.27. The average molecular weight is 176 g/mol. The van der Waals surface area contributed by atoms with E-state index in [2.05, 4.69) is 38.1 Å². The number of aldehydes is 1. The average Bonchev–Trinajstić information content (AvgIpc) is 2.16. The largest absolute Gasteiger partial charge is 0.303 e. The first-order valence-corrected chi connectivity index (χ1v) is 4.78. The molecule has 1 rings (SSSR count). The van der Waals surface area contributed by atoms with Crippen LogP contribution >= 0.6 is 0 Å². The summed E-state index contributed by atoms with van der Waals surface area (Å²) in [5, 5.41) is 0. The maximum absolute atomic E-state index is 10.4. The Balaban J connectivity index is 2.78. The van der Waals surface area contributed by atoms with Crippen molar-refractivity contribution in [3.8, 4) is 0 Å². The van der Waals surface area contributed by atoms with Gasteiger partial charge in [0.25, 0.3) is 0 Å². The van der Waals surface area contributed by atoms with Gasteiger partial charge in [0.2, 0.25) is 0 Å². The van der Waals surface area contributed by atoms with E-state index in [1.54, 1.807) is 0 Å². The van der Waals surface area contributed by atoms with E-state index in [4.69, 9.17) is 0 Å². The molecule has 0 aliphatic rings. The molecule has 0 radical (unpaired) electrons. The van der Waals surface area contributed by atoms with Gasteiger partial charge in [-0.2, -0.15) is 0 Å². The van der Waals surface area contributed by atoms with Crippen LogP contribution in [0.4, 0.5) is 0 Å². The monoisotopic (exact) mass is 176 g/mol. The minimum Gasteiger partial charge on any atom is -0.303 e. The topological polar surface area (TPSA) is 17.1 Å². The van der Waals surface area contributed by atoms with Crippen molar-refractivity contribution in [2.75, 3.05) is 0 Å². The minimum atomic E-state index is 0.401. The smallest absolute Gasteiger partial charge is 0.120 e. The van der Waals surface area contributed by atoms with Crippen molar-refractivity contribution in [3.05, 3.63) is 35.4 Å². The van der Waals surface area contributed by atoms with Gasteiger partial charge in [0.1, 0.15) is 6.29 Å². The molecule has 0 bridgehead atoms. The Hall–Kier alpha value is -1.11. The molecule has 1 aromatic carbocycles. The Morgan fingerprint density at radius 1 is 1.31 bits per heavy atom. The number of rotatable bonds is 4. The zero-order chi connectivity index (χ0) is 9.68. The predicted octanol–water partition coefficient (Wildman–Crippen LogP) is 3.08. The van der Waals surface area contributed by atoms with Gasteiger partial charge in [-0.05, 0) is 24.8 Å². The van der Waals surface area contributed by atoms with Crippen molar-refractivity contribution in [1.82, 2.24) is 0 Å². The van der Waals surface area contributed by atoms with Gasteiger partial charge in [0, 0.05) is 6.42 Å². The van der Waals surface area contributed by atoms with Crippen LogP contribution in [0.25, 0.3) is 0 Å². The highest BCUT2D eigenvalue weighted by Crippen LogP contribution is 2.22.